The smallest absolute Gasteiger partial charge is 0.143 e. The molecule has 0 spiro atoms. The maximum atomic E-state index is 11.1. The molecule has 4 aromatic carbocycles. The van der Waals surface area contributed by atoms with E-state index in [-0.39, 0.29) is 6.61 Å². The molecule has 0 aliphatic rings. The first kappa shape index (κ1) is 26.4. The number of ether oxygens (including phenoxy) is 3. The van der Waals surface area contributed by atoms with Crippen molar-refractivity contribution in [2.75, 3.05) is 34.4 Å². The van der Waals surface area contributed by atoms with Gasteiger partial charge in [-0.1, -0.05) is 84.9 Å². The molecule has 5 nitrogen and oxygen atoms in total. The van der Waals surface area contributed by atoms with Gasteiger partial charge in [0.25, 0.3) is 0 Å². The van der Waals surface area contributed by atoms with Gasteiger partial charge in [-0.25, -0.2) is 0 Å². The second-order valence-electron chi connectivity index (χ2n) is 9.15. The summed E-state index contributed by atoms with van der Waals surface area (Å²) in [6, 6.07) is 36.2. The van der Waals surface area contributed by atoms with E-state index >= 15 is 0 Å². The molecule has 5 heteroatoms. The van der Waals surface area contributed by atoms with Crippen molar-refractivity contribution in [1.82, 2.24) is 4.90 Å². The van der Waals surface area contributed by atoms with Crippen molar-refractivity contribution < 1.29 is 19.3 Å². The van der Waals surface area contributed by atoms with Crippen molar-refractivity contribution in [3.05, 3.63) is 131 Å². The second kappa shape index (κ2) is 12.5. The predicted molar refractivity (Wildman–Crippen MR) is 147 cm³/mol. The van der Waals surface area contributed by atoms with Crippen LogP contribution in [0.5, 0.6) is 11.5 Å². The lowest BCUT2D eigenvalue weighted by Crippen LogP contribution is -2.38. The molecule has 0 aromatic heterocycles. The van der Waals surface area contributed by atoms with Crippen LogP contribution in [0.3, 0.4) is 0 Å². The zero-order valence-electron chi connectivity index (χ0n) is 21.7. The summed E-state index contributed by atoms with van der Waals surface area (Å²) in [4.78, 5) is 2.11. The molecule has 1 N–H and O–H groups in total. The SMILES string of the molecule is COc1ccc(C(OCC(O)CN(C)Cc2ccccc2)(c2ccccc2)c2ccc(OC)cc2)cc1. The van der Waals surface area contributed by atoms with Gasteiger partial charge in [-0.05, 0) is 53.6 Å². The normalized spacial score (nSPS) is 12.4. The minimum Gasteiger partial charge on any atom is -0.497 e. The molecule has 0 aliphatic heterocycles. The summed E-state index contributed by atoms with van der Waals surface area (Å²) in [6.07, 6.45) is -0.687. The lowest BCUT2D eigenvalue weighted by molar-refractivity contribution is -0.0453. The highest BCUT2D eigenvalue weighted by Gasteiger charge is 2.38. The summed E-state index contributed by atoms with van der Waals surface area (Å²) in [6.45, 7) is 1.37. The van der Waals surface area contributed by atoms with Crippen LogP contribution in [0, 0.1) is 0 Å². The summed E-state index contributed by atoms with van der Waals surface area (Å²) in [7, 11) is 5.32. The molecular weight excluding hydrogens is 462 g/mol. The molecule has 0 amide bonds. The number of aliphatic hydroxyl groups is 1. The molecule has 0 saturated carbocycles. The van der Waals surface area contributed by atoms with E-state index in [1.807, 2.05) is 92.0 Å². The predicted octanol–water partition coefficient (Wildman–Crippen LogP) is 5.51. The first-order valence-corrected chi connectivity index (χ1v) is 12.4. The monoisotopic (exact) mass is 497 g/mol. The van der Waals surface area contributed by atoms with Crippen molar-refractivity contribution in [1.29, 1.82) is 0 Å². The first-order chi connectivity index (χ1) is 18.0. The molecule has 192 valence electrons. The van der Waals surface area contributed by atoms with E-state index in [4.69, 9.17) is 14.2 Å². The Labute approximate surface area is 219 Å². The second-order valence-corrected chi connectivity index (χ2v) is 9.15. The highest BCUT2D eigenvalue weighted by atomic mass is 16.5. The fourth-order valence-electron chi connectivity index (χ4n) is 4.67. The third kappa shape index (κ3) is 6.38. The van der Waals surface area contributed by atoms with Gasteiger partial charge in [0.05, 0.1) is 26.9 Å². The Kier molecular flexibility index (Phi) is 8.96. The van der Waals surface area contributed by atoms with Crippen molar-refractivity contribution in [3.8, 4) is 11.5 Å². The Morgan fingerprint density at radius 2 is 1.14 bits per heavy atom. The molecule has 4 aromatic rings. The summed E-state index contributed by atoms with van der Waals surface area (Å²) >= 11 is 0. The zero-order valence-corrected chi connectivity index (χ0v) is 21.7. The van der Waals surface area contributed by atoms with Crippen LogP contribution in [-0.4, -0.2) is 50.5 Å². The van der Waals surface area contributed by atoms with Crippen molar-refractivity contribution in [2.24, 2.45) is 0 Å². The van der Waals surface area contributed by atoms with Crippen LogP contribution in [-0.2, 0) is 16.9 Å². The minimum absolute atomic E-state index is 0.145. The van der Waals surface area contributed by atoms with Crippen LogP contribution in [0.2, 0.25) is 0 Å². The lowest BCUT2D eigenvalue weighted by Gasteiger charge is -2.37. The molecule has 0 bridgehead atoms. The van der Waals surface area contributed by atoms with Gasteiger partial charge in [0.2, 0.25) is 0 Å². The van der Waals surface area contributed by atoms with Crippen LogP contribution in [0.15, 0.2) is 109 Å². The van der Waals surface area contributed by atoms with Crippen LogP contribution in [0.25, 0.3) is 0 Å². The number of benzene rings is 4. The highest BCUT2D eigenvalue weighted by Crippen LogP contribution is 2.41. The van der Waals surface area contributed by atoms with Crippen LogP contribution >= 0.6 is 0 Å². The topological polar surface area (TPSA) is 51.2 Å². The zero-order chi connectivity index (χ0) is 26.1. The van der Waals surface area contributed by atoms with Gasteiger partial charge in [-0.3, -0.25) is 4.90 Å². The van der Waals surface area contributed by atoms with Gasteiger partial charge in [-0.15, -0.1) is 0 Å². The molecule has 0 heterocycles. The van der Waals surface area contributed by atoms with E-state index in [2.05, 4.69) is 29.2 Å². The third-order valence-corrected chi connectivity index (χ3v) is 6.48. The lowest BCUT2D eigenvalue weighted by atomic mass is 9.80. The number of rotatable bonds is 12. The van der Waals surface area contributed by atoms with Crippen molar-refractivity contribution >= 4 is 0 Å². The molecule has 0 aliphatic carbocycles. The Bertz CT molecular complexity index is 1160. The number of hydrogen-bond acceptors (Lipinski definition) is 5. The van der Waals surface area contributed by atoms with Gasteiger partial charge in [0.1, 0.15) is 17.1 Å². The summed E-state index contributed by atoms with van der Waals surface area (Å²) in [5.74, 6) is 1.53. The molecule has 0 saturated heterocycles. The van der Waals surface area contributed by atoms with Gasteiger partial charge in [0.15, 0.2) is 0 Å². The molecule has 1 unspecified atom stereocenters. The highest BCUT2D eigenvalue weighted by molar-refractivity contribution is 5.49. The fraction of sp³-hybridized carbons (Fsp3) is 0.250. The summed E-state index contributed by atoms with van der Waals surface area (Å²) in [5.41, 5.74) is 3.10. The number of nitrogens with zero attached hydrogens (tertiary/aromatic N) is 1. The third-order valence-electron chi connectivity index (χ3n) is 6.48. The van der Waals surface area contributed by atoms with E-state index in [1.54, 1.807) is 14.2 Å². The Hall–Kier alpha value is -3.64. The fourth-order valence-corrected chi connectivity index (χ4v) is 4.67. The molecule has 1 atom stereocenters. The Morgan fingerprint density at radius 1 is 0.676 bits per heavy atom. The number of likely N-dealkylation sites (N-methyl/N-ethyl adjacent to an activating group) is 1. The number of aliphatic hydroxyl groups excluding tert-OH is 1. The van der Waals surface area contributed by atoms with E-state index in [1.165, 1.54) is 5.56 Å². The van der Waals surface area contributed by atoms with Crippen molar-refractivity contribution in [2.45, 2.75) is 18.2 Å². The van der Waals surface area contributed by atoms with Crippen LogP contribution in [0.1, 0.15) is 22.3 Å². The number of methoxy groups -OCH3 is 2. The first-order valence-electron chi connectivity index (χ1n) is 12.4. The maximum absolute atomic E-state index is 11.1. The molecule has 0 fully saturated rings. The minimum atomic E-state index is -0.946. The summed E-state index contributed by atoms with van der Waals surface area (Å²) < 4.78 is 17.6. The molecule has 37 heavy (non-hydrogen) atoms. The van der Waals surface area contributed by atoms with Crippen LogP contribution in [0.4, 0.5) is 0 Å². The molecule has 0 radical (unpaired) electrons. The standard InChI is InChI=1S/C32H35NO4/c1-33(22-25-10-6-4-7-11-25)23-29(34)24-37-32(26-12-8-5-9-13-26,27-14-18-30(35-2)19-15-27)28-16-20-31(36-3)21-17-28/h4-21,29,34H,22-24H2,1-3H3. The van der Waals surface area contributed by atoms with E-state index < -0.39 is 11.7 Å². The Morgan fingerprint density at radius 3 is 1.62 bits per heavy atom. The van der Waals surface area contributed by atoms with E-state index in [0.717, 1.165) is 34.7 Å². The Balaban J connectivity index is 1.66. The average Bonchev–Trinajstić information content (AvgIpc) is 2.95. The van der Waals surface area contributed by atoms with E-state index in [0.29, 0.717) is 6.54 Å². The van der Waals surface area contributed by atoms with Gasteiger partial charge >= 0.3 is 0 Å². The van der Waals surface area contributed by atoms with E-state index in [9.17, 15) is 5.11 Å². The molecule has 4 rings (SSSR count). The van der Waals surface area contributed by atoms with Gasteiger partial charge in [-0.2, -0.15) is 0 Å². The largest absolute Gasteiger partial charge is 0.497 e. The van der Waals surface area contributed by atoms with Gasteiger partial charge in [0, 0.05) is 13.1 Å². The molecular formula is C32H35NO4. The number of hydrogen-bond donors (Lipinski definition) is 1. The summed E-state index contributed by atoms with van der Waals surface area (Å²) in [5, 5.41) is 11.1. The van der Waals surface area contributed by atoms with Crippen molar-refractivity contribution in [3.63, 3.8) is 0 Å². The average molecular weight is 498 g/mol. The quantitative estimate of drug-likeness (QED) is 0.262. The van der Waals surface area contributed by atoms with Gasteiger partial charge < -0.3 is 19.3 Å². The van der Waals surface area contributed by atoms with Crippen LogP contribution < -0.4 is 9.47 Å². The maximum Gasteiger partial charge on any atom is 0.143 e.